The van der Waals surface area contributed by atoms with E-state index in [1.54, 1.807) is 0 Å². The number of rotatable bonds is 14. The van der Waals surface area contributed by atoms with Gasteiger partial charge < -0.3 is 9.47 Å². The maximum Gasteiger partial charge on any atom is 0.331 e. The minimum Gasteiger partial charge on any atom is -0.458 e. The van der Waals surface area contributed by atoms with Gasteiger partial charge in [-0.2, -0.15) is 0 Å². The lowest BCUT2D eigenvalue weighted by atomic mass is 10.2. The molecule has 0 unspecified atom stereocenters. The zero-order valence-corrected chi connectivity index (χ0v) is 15.2. The summed E-state index contributed by atoms with van der Waals surface area (Å²) in [6.07, 6.45) is 19.0. The molecule has 0 amide bonds. The monoisotopic (exact) mass is 336 g/mol. The third kappa shape index (κ3) is 16.5. The number of carbonyl (C=O) groups is 2. The van der Waals surface area contributed by atoms with Gasteiger partial charge in [-0.3, -0.25) is 0 Å². The van der Waals surface area contributed by atoms with Crippen molar-refractivity contribution in [1.82, 2.24) is 0 Å². The molecule has 0 aliphatic carbocycles. The van der Waals surface area contributed by atoms with Gasteiger partial charge in [0, 0.05) is 12.2 Å². The van der Waals surface area contributed by atoms with Crippen LogP contribution in [0.2, 0.25) is 0 Å². The molecule has 0 aliphatic heterocycles. The molecule has 4 nitrogen and oxygen atoms in total. The molecule has 24 heavy (non-hydrogen) atoms. The molecule has 4 heteroatoms. The minimum atomic E-state index is -0.541. The standard InChI is InChI=1S/C20H32O4/c1-3-5-7-9-11-13-17-23-19(21)15-16-20(22)24-18-14-12-10-8-6-4-2/h11-16H,3-10,17-18H2,1-2H3/b13-11?,14-12?,16-15-. The molecular weight excluding hydrogens is 304 g/mol. The highest BCUT2D eigenvalue weighted by atomic mass is 16.5. The Morgan fingerprint density at radius 3 is 1.46 bits per heavy atom. The van der Waals surface area contributed by atoms with Crippen molar-refractivity contribution in [2.75, 3.05) is 13.2 Å². The third-order valence-electron chi connectivity index (χ3n) is 3.28. The van der Waals surface area contributed by atoms with E-state index in [0.29, 0.717) is 0 Å². The van der Waals surface area contributed by atoms with Crippen molar-refractivity contribution in [3.63, 3.8) is 0 Å². The van der Waals surface area contributed by atoms with Crippen LogP contribution in [0.4, 0.5) is 0 Å². The fourth-order valence-corrected chi connectivity index (χ4v) is 1.89. The van der Waals surface area contributed by atoms with Gasteiger partial charge in [0.1, 0.15) is 13.2 Å². The molecule has 0 N–H and O–H groups in total. The Hall–Kier alpha value is -1.84. The number of esters is 2. The van der Waals surface area contributed by atoms with Crippen LogP contribution < -0.4 is 0 Å². The predicted molar refractivity (Wildman–Crippen MR) is 97.6 cm³/mol. The average Bonchev–Trinajstić information content (AvgIpc) is 2.58. The quantitative estimate of drug-likeness (QED) is 0.196. The summed E-state index contributed by atoms with van der Waals surface area (Å²) < 4.78 is 9.89. The first-order valence-corrected chi connectivity index (χ1v) is 9.02. The number of ether oxygens (including phenoxy) is 2. The highest BCUT2D eigenvalue weighted by molar-refractivity contribution is 5.91. The van der Waals surface area contributed by atoms with Crippen LogP contribution in [0.25, 0.3) is 0 Å². The van der Waals surface area contributed by atoms with Crippen molar-refractivity contribution in [2.45, 2.75) is 65.2 Å². The Balaban J connectivity index is 3.68. The van der Waals surface area contributed by atoms with Gasteiger partial charge in [0.2, 0.25) is 0 Å². The number of unbranched alkanes of at least 4 members (excludes halogenated alkanes) is 6. The lowest BCUT2D eigenvalue weighted by Crippen LogP contribution is -2.04. The number of hydrogen-bond acceptors (Lipinski definition) is 4. The highest BCUT2D eigenvalue weighted by Crippen LogP contribution is 2.00. The van der Waals surface area contributed by atoms with Crippen LogP contribution in [-0.4, -0.2) is 25.2 Å². The van der Waals surface area contributed by atoms with Crippen LogP contribution in [-0.2, 0) is 19.1 Å². The first kappa shape index (κ1) is 22.2. The van der Waals surface area contributed by atoms with Gasteiger partial charge >= 0.3 is 11.9 Å². The summed E-state index contributed by atoms with van der Waals surface area (Å²) in [7, 11) is 0. The molecule has 0 spiro atoms. The zero-order valence-electron chi connectivity index (χ0n) is 15.2. The highest BCUT2D eigenvalue weighted by Gasteiger charge is 1.99. The SMILES string of the molecule is CCCCCC=CCOC(=O)/C=C\C(=O)OCC=CCCCCC. The molecule has 0 rings (SSSR count). The van der Waals surface area contributed by atoms with E-state index >= 15 is 0 Å². The van der Waals surface area contributed by atoms with Gasteiger partial charge in [0.05, 0.1) is 0 Å². The van der Waals surface area contributed by atoms with Gasteiger partial charge in [0.25, 0.3) is 0 Å². The van der Waals surface area contributed by atoms with Crippen LogP contribution >= 0.6 is 0 Å². The van der Waals surface area contributed by atoms with E-state index in [9.17, 15) is 9.59 Å². The smallest absolute Gasteiger partial charge is 0.331 e. The Morgan fingerprint density at radius 1 is 0.667 bits per heavy atom. The molecule has 0 aromatic heterocycles. The van der Waals surface area contributed by atoms with Gasteiger partial charge in [-0.1, -0.05) is 63.8 Å². The molecule has 0 fully saturated rings. The third-order valence-corrected chi connectivity index (χ3v) is 3.28. The van der Waals surface area contributed by atoms with E-state index in [4.69, 9.17) is 9.47 Å². The molecule has 136 valence electrons. The maximum atomic E-state index is 11.4. The van der Waals surface area contributed by atoms with E-state index < -0.39 is 11.9 Å². The van der Waals surface area contributed by atoms with Crippen molar-refractivity contribution in [2.24, 2.45) is 0 Å². The van der Waals surface area contributed by atoms with Crippen molar-refractivity contribution in [1.29, 1.82) is 0 Å². The topological polar surface area (TPSA) is 52.6 Å². The first-order chi connectivity index (χ1) is 11.7. The molecule has 0 aliphatic rings. The van der Waals surface area contributed by atoms with E-state index in [-0.39, 0.29) is 13.2 Å². The van der Waals surface area contributed by atoms with Gasteiger partial charge in [0.15, 0.2) is 0 Å². The van der Waals surface area contributed by atoms with Crippen LogP contribution in [0.5, 0.6) is 0 Å². The first-order valence-electron chi connectivity index (χ1n) is 9.02. The molecule has 0 saturated heterocycles. The van der Waals surface area contributed by atoms with Crippen LogP contribution in [0, 0.1) is 0 Å². The normalized spacial score (nSPS) is 11.6. The van der Waals surface area contributed by atoms with E-state index in [2.05, 4.69) is 13.8 Å². The number of hydrogen-bond donors (Lipinski definition) is 0. The Labute approximate surface area is 146 Å². The van der Waals surface area contributed by atoms with Crippen molar-refractivity contribution >= 4 is 11.9 Å². The lowest BCUT2D eigenvalue weighted by molar-refractivity contribution is -0.139. The summed E-state index contributed by atoms with van der Waals surface area (Å²) in [5.74, 6) is -1.08. The number of allylic oxidation sites excluding steroid dienone is 2. The van der Waals surface area contributed by atoms with Crippen molar-refractivity contribution in [3.8, 4) is 0 Å². The Bertz CT molecular complexity index is 370. The molecule has 0 bridgehead atoms. The minimum absolute atomic E-state index is 0.227. The molecule has 0 atom stereocenters. The summed E-state index contributed by atoms with van der Waals surface area (Å²) in [6.45, 7) is 4.77. The summed E-state index contributed by atoms with van der Waals surface area (Å²) in [6, 6.07) is 0. The number of carbonyl (C=O) groups excluding carboxylic acids is 2. The fourth-order valence-electron chi connectivity index (χ4n) is 1.89. The fraction of sp³-hybridized carbons (Fsp3) is 0.600. The van der Waals surface area contributed by atoms with Gasteiger partial charge in [-0.25, -0.2) is 9.59 Å². The second-order valence-electron chi connectivity index (χ2n) is 5.53. The van der Waals surface area contributed by atoms with E-state index in [0.717, 1.165) is 37.8 Å². The second kappa shape index (κ2) is 17.5. The molecule has 0 aromatic rings. The van der Waals surface area contributed by atoms with Crippen LogP contribution in [0.15, 0.2) is 36.5 Å². The van der Waals surface area contributed by atoms with Gasteiger partial charge in [-0.05, 0) is 25.7 Å². The predicted octanol–water partition coefficient (Wildman–Crippen LogP) is 4.90. The van der Waals surface area contributed by atoms with E-state index in [1.807, 2.05) is 24.3 Å². The summed E-state index contributed by atoms with van der Waals surface area (Å²) in [5, 5.41) is 0. The molecule has 0 aromatic carbocycles. The summed E-state index contributed by atoms with van der Waals surface area (Å²) in [5.41, 5.74) is 0. The second-order valence-corrected chi connectivity index (χ2v) is 5.53. The Kier molecular flexibility index (Phi) is 16.2. The lowest BCUT2D eigenvalue weighted by Gasteiger charge is -1.98. The molecule has 0 heterocycles. The molecular formula is C20H32O4. The Morgan fingerprint density at radius 2 is 1.08 bits per heavy atom. The van der Waals surface area contributed by atoms with Crippen molar-refractivity contribution < 1.29 is 19.1 Å². The average molecular weight is 336 g/mol. The largest absolute Gasteiger partial charge is 0.458 e. The molecule has 0 radical (unpaired) electrons. The summed E-state index contributed by atoms with van der Waals surface area (Å²) in [4.78, 5) is 22.8. The summed E-state index contributed by atoms with van der Waals surface area (Å²) >= 11 is 0. The van der Waals surface area contributed by atoms with Crippen LogP contribution in [0.3, 0.4) is 0 Å². The zero-order chi connectivity index (χ0) is 17.9. The van der Waals surface area contributed by atoms with Gasteiger partial charge in [-0.15, -0.1) is 0 Å². The van der Waals surface area contributed by atoms with Crippen LogP contribution in [0.1, 0.15) is 65.2 Å². The van der Waals surface area contributed by atoms with E-state index in [1.165, 1.54) is 25.7 Å². The maximum absolute atomic E-state index is 11.4. The van der Waals surface area contributed by atoms with Crippen molar-refractivity contribution in [3.05, 3.63) is 36.5 Å². The molecule has 0 saturated carbocycles.